The molecule has 3 atom stereocenters. The molecular weight excluding hydrogens is 466 g/mol. The fraction of sp³-hybridized carbons (Fsp3) is 0.375. The van der Waals surface area contributed by atoms with E-state index in [0.29, 0.717) is 22.1 Å². The Labute approximate surface area is 187 Å². The smallest absolute Gasteiger partial charge is 0.353 e. The lowest BCUT2D eigenvalue weighted by atomic mass is 9.86. The van der Waals surface area contributed by atoms with E-state index in [4.69, 9.17) is 5.73 Å². The van der Waals surface area contributed by atoms with Crippen molar-refractivity contribution in [2.45, 2.75) is 42.2 Å². The second-order valence-corrected chi connectivity index (χ2v) is 10.1. The van der Waals surface area contributed by atoms with Crippen LogP contribution in [0.15, 0.2) is 26.3 Å². The molecule has 0 aromatic carbocycles. The van der Waals surface area contributed by atoms with Gasteiger partial charge in [0.2, 0.25) is 6.04 Å². The average Bonchev–Trinajstić information content (AvgIpc) is 3.34. The number of nitrogen functional groups attached to an aromatic ring is 1. The zero-order chi connectivity index (χ0) is 22.3. The predicted octanol–water partition coefficient (Wildman–Crippen LogP) is 1.27. The first-order chi connectivity index (χ1) is 14.8. The molecule has 2 aromatic heterocycles. The Morgan fingerprint density at radius 3 is 2.84 bits per heavy atom. The Morgan fingerprint density at radius 2 is 2.26 bits per heavy atom. The standard InChI is InChI=1S/C16H15N7O5S3/c1-5-4-18-16(29-5)30-7-3-2-6-8(13(25)23(6)10(7)14(26)27)19-12(24)9(21-28)11-20-15(17)31-22-11/h4,6,8-9H,2-3H2,1H3,(H,19,24)(H,26,27)(H2,17,20,22). The van der Waals surface area contributed by atoms with E-state index in [-0.39, 0.29) is 16.7 Å². The van der Waals surface area contributed by atoms with Crippen LogP contribution in [0.3, 0.4) is 0 Å². The molecule has 0 radical (unpaired) electrons. The van der Waals surface area contributed by atoms with Crippen molar-refractivity contribution in [3.05, 3.63) is 32.4 Å². The molecule has 3 unspecified atom stereocenters. The molecule has 4 heterocycles. The normalized spacial score (nSPS) is 21.3. The van der Waals surface area contributed by atoms with E-state index < -0.39 is 35.9 Å². The van der Waals surface area contributed by atoms with Gasteiger partial charge in [-0.25, -0.2) is 14.8 Å². The SMILES string of the molecule is Cc1cnc(SC2=C(C(=O)O)N3C(=O)C(NC(=O)C(N=O)c4nsc(N)n4)C3CC2)s1. The minimum absolute atomic E-state index is 0.0753. The first-order valence-electron chi connectivity index (χ1n) is 8.92. The highest BCUT2D eigenvalue weighted by Crippen LogP contribution is 2.44. The zero-order valence-electron chi connectivity index (χ0n) is 15.8. The summed E-state index contributed by atoms with van der Waals surface area (Å²) >= 11 is 3.48. The molecule has 4 N–H and O–H groups in total. The van der Waals surface area contributed by atoms with Gasteiger partial charge in [-0.3, -0.25) is 14.5 Å². The second kappa shape index (κ2) is 8.32. The molecule has 0 bridgehead atoms. The van der Waals surface area contributed by atoms with Crippen LogP contribution in [0.4, 0.5) is 5.13 Å². The van der Waals surface area contributed by atoms with Crippen molar-refractivity contribution in [3.8, 4) is 0 Å². The van der Waals surface area contributed by atoms with Gasteiger partial charge in [-0.1, -0.05) is 11.8 Å². The van der Waals surface area contributed by atoms with Crippen LogP contribution in [0.2, 0.25) is 0 Å². The third kappa shape index (κ3) is 3.90. The van der Waals surface area contributed by atoms with Crippen molar-refractivity contribution < 1.29 is 19.5 Å². The molecule has 1 saturated heterocycles. The number of nitrogens with two attached hydrogens (primary N) is 1. The number of carbonyl (C=O) groups is 3. The number of nitrogens with one attached hydrogen (secondary N) is 1. The zero-order valence-corrected chi connectivity index (χ0v) is 18.3. The molecule has 4 rings (SSSR count). The summed E-state index contributed by atoms with van der Waals surface area (Å²) < 4.78 is 4.50. The van der Waals surface area contributed by atoms with Crippen molar-refractivity contribution in [3.63, 3.8) is 0 Å². The predicted molar refractivity (Wildman–Crippen MR) is 112 cm³/mol. The number of β-lactam (4-membered cyclic amide) rings is 1. The molecule has 2 aromatic rings. The van der Waals surface area contributed by atoms with Crippen molar-refractivity contribution in [2.75, 3.05) is 5.73 Å². The van der Waals surface area contributed by atoms with Gasteiger partial charge in [0.15, 0.2) is 15.3 Å². The highest BCUT2D eigenvalue weighted by atomic mass is 32.2. The lowest BCUT2D eigenvalue weighted by molar-refractivity contribution is -0.156. The van der Waals surface area contributed by atoms with E-state index in [2.05, 4.69) is 24.8 Å². The number of allylic oxidation sites excluding steroid dienone is 1. The number of rotatable bonds is 7. The van der Waals surface area contributed by atoms with Crippen molar-refractivity contribution in [1.29, 1.82) is 0 Å². The number of carboxylic acid groups (broad SMARTS) is 1. The number of hydrogen-bond acceptors (Lipinski definition) is 12. The number of aromatic nitrogens is 3. The molecule has 2 aliphatic rings. The first-order valence-corrected chi connectivity index (χ1v) is 11.3. The molecular formula is C16H15N7O5S3. The van der Waals surface area contributed by atoms with Gasteiger partial charge in [-0.2, -0.15) is 4.37 Å². The maximum atomic E-state index is 12.7. The van der Waals surface area contributed by atoms with Crippen LogP contribution >= 0.6 is 34.6 Å². The van der Waals surface area contributed by atoms with Crippen molar-refractivity contribution in [2.24, 2.45) is 5.18 Å². The van der Waals surface area contributed by atoms with Gasteiger partial charge in [-0.15, -0.1) is 16.2 Å². The largest absolute Gasteiger partial charge is 0.477 e. The number of hydrogen-bond donors (Lipinski definition) is 3. The number of thiazole rings is 1. The quantitative estimate of drug-likeness (QED) is 0.385. The Hall–Kier alpha value is -2.91. The lowest BCUT2D eigenvalue weighted by Gasteiger charge is -2.50. The number of nitroso groups, excluding NO2 is 1. The van der Waals surface area contributed by atoms with E-state index in [9.17, 15) is 24.4 Å². The number of fused-ring (bicyclic) bond motifs is 1. The summed E-state index contributed by atoms with van der Waals surface area (Å²) in [6, 6.07) is -3.05. The van der Waals surface area contributed by atoms with Gasteiger partial charge in [0.1, 0.15) is 11.7 Å². The number of thioether (sulfide) groups is 1. The van der Waals surface area contributed by atoms with E-state index in [0.717, 1.165) is 16.4 Å². The summed E-state index contributed by atoms with van der Waals surface area (Å²) in [4.78, 5) is 59.0. The summed E-state index contributed by atoms with van der Waals surface area (Å²) in [6.45, 7) is 1.90. The van der Waals surface area contributed by atoms with Gasteiger partial charge < -0.3 is 16.2 Å². The lowest BCUT2D eigenvalue weighted by Crippen LogP contribution is -2.71. The minimum atomic E-state index is -1.55. The molecule has 31 heavy (non-hydrogen) atoms. The third-order valence-electron chi connectivity index (χ3n) is 4.76. The van der Waals surface area contributed by atoms with Gasteiger partial charge in [0.25, 0.3) is 11.8 Å². The van der Waals surface area contributed by atoms with E-state index in [1.54, 1.807) is 6.20 Å². The first kappa shape index (κ1) is 21.3. The Bertz CT molecular complexity index is 1110. The number of aliphatic carboxylic acids is 1. The minimum Gasteiger partial charge on any atom is -0.477 e. The fourth-order valence-electron chi connectivity index (χ4n) is 3.42. The molecule has 2 amide bonds. The van der Waals surface area contributed by atoms with Crippen molar-refractivity contribution >= 4 is 57.5 Å². The van der Waals surface area contributed by atoms with Crippen LogP contribution in [0.25, 0.3) is 0 Å². The highest BCUT2D eigenvalue weighted by Gasteiger charge is 2.54. The number of nitrogens with zero attached hydrogens (tertiary/aromatic N) is 5. The maximum Gasteiger partial charge on any atom is 0.353 e. The van der Waals surface area contributed by atoms with Crippen molar-refractivity contribution in [1.82, 2.24) is 24.6 Å². The van der Waals surface area contributed by atoms with Crippen LogP contribution in [0.1, 0.15) is 29.6 Å². The van der Waals surface area contributed by atoms with Crippen LogP contribution in [0.5, 0.6) is 0 Å². The van der Waals surface area contributed by atoms with E-state index in [1.807, 2.05) is 6.92 Å². The van der Waals surface area contributed by atoms with Gasteiger partial charge in [0.05, 0.1) is 6.04 Å². The molecule has 0 aliphatic carbocycles. The number of amides is 2. The Morgan fingerprint density at radius 1 is 1.48 bits per heavy atom. The molecule has 0 saturated carbocycles. The van der Waals surface area contributed by atoms with Crippen LogP contribution < -0.4 is 11.1 Å². The molecule has 2 aliphatic heterocycles. The molecule has 162 valence electrons. The second-order valence-electron chi connectivity index (χ2n) is 6.72. The summed E-state index contributed by atoms with van der Waals surface area (Å²) in [5.41, 5.74) is 5.37. The molecule has 15 heteroatoms. The number of carbonyl (C=O) groups excluding carboxylic acids is 2. The fourth-order valence-corrected chi connectivity index (χ4v) is 6.05. The number of aryl methyl sites for hydroxylation is 1. The average molecular weight is 482 g/mol. The molecule has 12 nitrogen and oxygen atoms in total. The summed E-state index contributed by atoms with van der Waals surface area (Å²) in [6.07, 6.45) is 2.55. The third-order valence-corrected chi connectivity index (χ3v) is 7.45. The number of carboxylic acids is 1. The van der Waals surface area contributed by atoms with Crippen LogP contribution in [-0.4, -0.2) is 54.2 Å². The van der Waals surface area contributed by atoms with Gasteiger partial charge in [0, 0.05) is 27.5 Å². The Kier molecular flexibility index (Phi) is 5.72. The summed E-state index contributed by atoms with van der Waals surface area (Å²) in [5, 5.41) is 15.0. The van der Waals surface area contributed by atoms with E-state index >= 15 is 0 Å². The number of anilines is 1. The monoisotopic (exact) mass is 481 g/mol. The summed E-state index contributed by atoms with van der Waals surface area (Å²) in [5.74, 6) is -2.79. The summed E-state index contributed by atoms with van der Waals surface area (Å²) in [7, 11) is 0. The topological polar surface area (TPSA) is 181 Å². The molecule has 0 spiro atoms. The van der Waals surface area contributed by atoms with Crippen LogP contribution in [0, 0.1) is 11.8 Å². The van der Waals surface area contributed by atoms with E-state index in [1.165, 1.54) is 28.0 Å². The van der Waals surface area contributed by atoms with Crippen LogP contribution in [-0.2, 0) is 14.4 Å². The highest BCUT2D eigenvalue weighted by molar-refractivity contribution is 8.04. The maximum absolute atomic E-state index is 12.7. The van der Waals surface area contributed by atoms with Gasteiger partial charge >= 0.3 is 5.97 Å². The molecule has 1 fully saturated rings. The van der Waals surface area contributed by atoms with Gasteiger partial charge in [-0.05, 0) is 24.9 Å². The Balaban J connectivity index is 1.51.